The van der Waals surface area contributed by atoms with Crippen molar-refractivity contribution < 1.29 is 43.7 Å². The SMILES string of the molecule is C#CCN(Cc1cc2c(=O)[nH]c(C)nc2cc1C)c1ccc(C(=O)N[C@@H](CCC(=O)N(CC)[C@@H](CCC(=O)O)C(=O)O)C(=O)O)c(F)c1. The van der Waals surface area contributed by atoms with E-state index in [1.165, 1.54) is 13.0 Å². The number of benzene rings is 2. The molecular formula is C33H36FN5O9. The highest BCUT2D eigenvalue weighted by Gasteiger charge is 2.30. The summed E-state index contributed by atoms with van der Waals surface area (Å²) in [5.41, 5.74) is 1.60. The summed E-state index contributed by atoms with van der Waals surface area (Å²) in [7, 11) is 0. The Kier molecular flexibility index (Phi) is 12.4. The van der Waals surface area contributed by atoms with Gasteiger partial charge in [0.05, 0.1) is 23.0 Å². The third-order valence-corrected chi connectivity index (χ3v) is 7.69. The number of rotatable bonds is 16. The molecule has 2 atom stereocenters. The Morgan fingerprint density at radius 2 is 1.75 bits per heavy atom. The van der Waals surface area contributed by atoms with E-state index in [-0.39, 0.29) is 31.6 Å². The van der Waals surface area contributed by atoms with Crippen molar-refractivity contribution in [3.63, 3.8) is 0 Å². The van der Waals surface area contributed by atoms with Crippen LogP contribution in [0.2, 0.25) is 0 Å². The smallest absolute Gasteiger partial charge is 0.326 e. The maximum atomic E-state index is 15.3. The van der Waals surface area contributed by atoms with Crippen molar-refractivity contribution in [1.82, 2.24) is 20.2 Å². The topological polar surface area (TPSA) is 210 Å². The molecule has 0 bridgehead atoms. The van der Waals surface area contributed by atoms with Crippen LogP contribution < -0.4 is 15.8 Å². The molecule has 14 nitrogen and oxygen atoms in total. The number of anilines is 1. The average molecular weight is 666 g/mol. The van der Waals surface area contributed by atoms with E-state index in [4.69, 9.17) is 11.5 Å². The Morgan fingerprint density at radius 3 is 2.33 bits per heavy atom. The van der Waals surface area contributed by atoms with E-state index in [1.807, 2.05) is 6.92 Å². The molecular weight excluding hydrogens is 629 g/mol. The minimum absolute atomic E-state index is 0.0495. The molecule has 0 saturated heterocycles. The summed E-state index contributed by atoms with van der Waals surface area (Å²) in [5.74, 6) is -3.97. The Morgan fingerprint density at radius 1 is 1.04 bits per heavy atom. The second-order valence-corrected chi connectivity index (χ2v) is 11.0. The second kappa shape index (κ2) is 16.2. The third-order valence-electron chi connectivity index (χ3n) is 7.69. The first-order valence-corrected chi connectivity index (χ1v) is 14.9. The number of hydrogen-bond acceptors (Lipinski definition) is 8. The van der Waals surface area contributed by atoms with Crippen LogP contribution in [-0.4, -0.2) is 85.1 Å². The molecule has 0 aliphatic heterocycles. The number of amides is 2. The van der Waals surface area contributed by atoms with Crippen LogP contribution in [-0.2, 0) is 25.7 Å². The van der Waals surface area contributed by atoms with Crippen molar-refractivity contribution >= 4 is 46.3 Å². The number of H-pyrrole nitrogens is 1. The standard InChI is InChI=1S/C33H36FN5O9/c1-5-13-38(17-20-15-23-26(14-18(20)3)35-19(4)36-31(23)44)21-7-8-22(24(34)16-21)30(43)37-25(32(45)46)9-11-28(40)39(6-2)27(33(47)48)10-12-29(41)42/h1,7-8,14-16,25,27H,6,9-13,17H2,2-4H3,(H,37,43)(H,41,42)(H,45,46)(H,47,48)(H,35,36,44)/t25-,27-/m0/s1. The number of carbonyl (C=O) groups is 5. The second-order valence-electron chi connectivity index (χ2n) is 11.0. The number of fused-ring (bicyclic) bond motifs is 1. The molecule has 3 rings (SSSR count). The van der Waals surface area contributed by atoms with E-state index in [2.05, 4.69) is 21.2 Å². The summed E-state index contributed by atoms with van der Waals surface area (Å²) < 4.78 is 15.3. The van der Waals surface area contributed by atoms with Gasteiger partial charge in [-0.1, -0.05) is 5.92 Å². The predicted molar refractivity (Wildman–Crippen MR) is 172 cm³/mol. The first-order valence-electron chi connectivity index (χ1n) is 14.9. The lowest BCUT2D eigenvalue weighted by atomic mass is 10.0. The molecule has 1 aromatic heterocycles. The van der Waals surface area contributed by atoms with E-state index in [0.29, 0.717) is 22.4 Å². The molecule has 0 aliphatic rings. The fourth-order valence-corrected chi connectivity index (χ4v) is 5.21. The zero-order valence-corrected chi connectivity index (χ0v) is 26.6. The number of likely N-dealkylation sites (N-methyl/N-ethyl adjacent to an activating group) is 1. The van der Waals surface area contributed by atoms with Gasteiger partial charge in [0.25, 0.3) is 11.5 Å². The van der Waals surface area contributed by atoms with Crippen molar-refractivity contribution in [1.29, 1.82) is 0 Å². The Balaban J connectivity index is 1.76. The molecule has 5 N–H and O–H groups in total. The number of aromatic amines is 1. The molecule has 0 aliphatic carbocycles. The van der Waals surface area contributed by atoms with Crippen molar-refractivity contribution in [2.24, 2.45) is 0 Å². The summed E-state index contributed by atoms with van der Waals surface area (Å²) >= 11 is 0. The first kappa shape index (κ1) is 36.7. The normalized spacial score (nSPS) is 12.1. The molecule has 15 heteroatoms. The number of hydrogen-bond donors (Lipinski definition) is 5. The first-order chi connectivity index (χ1) is 22.7. The molecule has 0 unspecified atom stereocenters. The van der Waals surface area contributed by atoms with Gasteiger partial charge in [-0.15, -0.1) is 6.42 Å². The fraction of sp³-hybridized carbons (Fsp3) is 0.364. The molecule has 254 valence electrons. The number of nitrogens with one attached hydrogen (secondary N) is 2. The van der Waals surface area contributed by atoms with Crippen LogP contribution in [0.1, 0.15) is 59.9 Å². The predicted octanol–water partition coefficient (Wildman–Crippen LogP) is 2.45. The number of aliphatic carboxylic acids is 3. The molecule has 0 fully saturated rings. The number of carboxylic acids is 3. The lowest BCUT2D eigenvalue weighted by molar-refractivity contribution is -0.151. The Hall–Kier alpha value is -5.78. The summed E-state index contributed by atoms with van der Waals surface area (Å²) in [6.07, 6.45) is 3.79. The number of halogens is 1. The Bertz CT molecular complexity index is 1830. The van der Waals surface area contributed by atoms with Gasteiger partial charge in [-0.05, 0) is 75.1 Å². The van der Waals surface area contributed by atoms with E-state index >= 15 is 4.39 Å². The molecule has 2 aromatic carbocycles. The van der Waals surface area contributed by atoms with Crippen LogP contribution in [0.4, 0.5) is 10.1 Å². The average Bonchev–Trinajstić information content (AvgIpc) is 3.00. The molecule has 1 heterocycles. The van der Waals surface area contributed by atoms with Gasteiger partial charge in [-0.25, -0.2) is 19.0 Å². The number of terminal acetylenes is 1. The molecule has 0 saturated carbocycles. The van der Waals surface area contributed by atoms with Crippen molar-refractivity contribution in [3.8, 4) is 12.3 Å². The van der Waals surface area contributed by atoms with Gasteiger partial charge in [0.15, 0.2) is 0 Å². The van der Waals surface area contributed by atoms with Gasteiger partial charge in [-0.3, -0.25) is 19.2 Å². The van der Waals surface area contributed by atoms with Gasteiger partial charge in [0.2, 0.25) is 5.91 Å². The van der Waals surface area contributed by atoms with E-state index in [0.717, 1.165) is 28.2 Å². The van der Waals surface area contributed by atoms with Gasteiger partial charge >= 0.3 is 17.9 Å². The highest BCUT2D eigenvalue weighted by atomic mass is 19.1. The van der Waals surface area contributed by atoms with Crippen LogP contribution in [0, 0.1) is 32.0 Å². The number of nitrogens with zero attached hydrogens (tertiary/aromatic N) is 3. The van der Waals surface area contributed by atoms with Gasteiger partial charge in [0, 0.05) is 31.6 Å². The highest BCUT2D eigenvalue weighted by molar-refractivity contribution is 5.97. The number of aryl methyl sites for hydroxylation is 2. The molecule has 48 heavy (non-hydrogen) atoms. The summed E-state index contributed by atoms with van der Waals surface area (Å²) in [4.78, 5) is 82.4. The number of carbonyl (C=O) groups excluding carboxylic acids is 2. The zero-order chi connectivity index (χ0) is 35.7. The molecule has 2 amide bonds. The monoisotopic (exact) mass is 665 g/mol. The lowest BCUT2D eigenvalue weighted by Gasteiger charge is -2.28. The minimum atomic E-state index is -1.63. The maximum Gasteiger partial charge on any atom is 0.326 e. The van der Waals surface area contributed by atoms with Gasteiger partial charge in [0.1, 0.15) is 23.7 Å². The van der Waals surface area contributed by atoms with E-state index in [1.54, 1.807) is 24.0 Å². The van der Waals surface area contributed by atoms with Crippen LogP contribution in [0.5, 0.6) is 0 Å². The number of aromatic nitrogens is 2. The van der Waals surface area contributed by atoms with Gasteiger partial charge < -0.3 is 35.4 Å². The largest absolute Gasteiger partial charge is 0.481 e. The van der Waals surface area contributed by atoms with Crippen molar-refractivity contribution in [2.75, 3.05) is 18.0 Å². The van der Waals surface area contributed by atoms with Crippen LogP contribution >= 0.6 is 0 Å². The minimum Gasteiger partial charge on any atom is -0.481 e. The highest BCUT2D eigenvalue weighted by Crippen LogP contribution is 2.24. The third kappa shape index (κ3) is 9.15. The van der Waals surface area contributed by atoms with Crippen LogP contribution in [0.25, 0.3) is 10.9 Å². The summed E-state index contributed by atoms with van der Waals surface area (Å²) in [6.45, 7) is 5.16. The van der Waals surface area contributed by atoms with Crippen LogP contribution in [0.15, 0.2) is 35.1 Å². The quantitative estimate of drug-likeness (QED) is 0.140. The Labute approximate surface area is 274 Å². The summed E-state index contributed by atoms with van der Waals surface area (Å²) in [6, 6.07) is 4.06. The van der Waals surface area contributed by atoms with Crippen molar-refractivity contribution in [3.05, 3.63) is 69.0 Å². The summed E-state index contributed by atoms with van der Waals surface area (Å²) in [5, 5.41) is 30.7. The molecule has 0 spiro atoms. The zero-order valence-electron chi connectivity index (χ0n) is 26.6. The number of carboxylic acid groups (broad SMARTS) is 3. The van der Waals surface area contributed by atoms with Crippen LogP contribution in [0.3, 0.4) is 0 Å². The molecule has 3 aromatic rings. The fourth-order valence-electron chi connectivity index (χ4n) is 5.21. The maximum absolute atomic E-state index is 15.3. The van der Waals surface area contributed by atoms with Crippen molar-refractivity contribution in [2.45, 2.75) is 65.1 Å². The lowest BCUT2D eigenvalue weighted by Crippen LogP contribution is -2.46. The van der Waals surface area contributed by atoms with Gasteiger partial charge in [-0.2, -0.15) is 0 Å². The van der Waals surface area contributed by atoms with E-state index in [9.17, 15) is 39.0 Å². The molecule has 0 radical (unpaired) electrons. The van der Waals surface area contributed by atoms with E-state index < -0.39 is 72.4 Å².